The Hall–Kier alpha value is -1.42. The van der Waals surface area contributed by atoms with Gasteiger partial charge in [0, 0.05) is 38.2 Å². The number of carbonyl (C=O) groups is 1. The summed E-state index contributed by atoms with van der Waals surface area (Å²) in [7, 11) is 1.71. The highest BCUT2D eigenvalue weighted by Gasteiger charge is 2.24. The predicted molar refractivity (Wildman–Crippen MR) is 64.7 cm³/mol. The van der Waals surface area contributed by atoms with Gasteiger partial charge in [0.05, 0.1) is 6.61 Å². The Bertz CT molecular complexity index is 365. The molecule has 17 heavy (non-hydrogen) atoms. The van der Waals surface area contributed by atoms with Crippen LogP contribution in [-0.4, -0.2) is 42.6 Å². The highest BCUT2D eigenvalue weighted by Crippen LogP contribution is 2.18. The minimum atomic E-state index is 0.105. The summed E-state index contributed by atoms with van der Waals surface area (Å²) >= 11 is 0. The Kier molecular flexibility index (Phi) is 4.09. The lowest BCUT2D eigenvalue weighted by atomic mass is 9.98. The lowest BCUT2D eigenvalue weighted by Crippen LogP contribution is -2.41. The van der Waals surface area contributed by atoms with Gasteiger partial charge in [0.2, 0.25) is 0 Å². The SMILES string of the molecule is COCC1CCCN(C(=O)c2ccncc2)C1. The first-order chi connectivity index (χ1) is 8.31. The third-order valence-corrected chi connectivity index (χ3v) is 3.14. The van der Waals surface area contributed by atoms with Crippen molar-refractivity contribution in [3.8, 4) is 0 Å². The maximum absolute atomic E-state index is 12.2. The number of hydrogen-bond donors (Lipinski definition) is 0. The van der Waals surface area contributed by atoms with Gasteiger partial charge in [-0.05, 0) is 30.9 Å². The number of rotatable bonds is 3. The first-order valence-corrected chi connectivity index (χ1v) is 5.99. The standard InChI is InChI=1S/C13H18N2O2/c1-17-10-11-3-2-8-15(9-11)13(16)12-4-6-14-7-5-12/h4-7,11H,2-3,8-10H2,1H3. The lowest BCUT2D eigenvalue weighted by Gasteiger charge is -2.32. The van der Waals surface area contributed by atoms with Crippen LogP contribution >= 0.6 is 0 Å². The Morgan fingerprint density at radius 3 is 3.00 bits per heavy atom. The Morgan fingerprint density at radius 2 is 2.29 bits per heavy atom. The van der Waals surface area contributed by atoms with Crippen LogP contribution in [-0.2, 0) is 4.74 Å². The number of pyridine rings is 1. The number of ether oxygens (including phenoxy) is 1. The first kappa shape index (κ1) is 12.0. The normalized spacial score (nSPS) is 20.3. The number of nitrogens with zero attached hydrogens (tertiary/aromatic N) is 2. The van der Waals surface area contributed by atoms with Crippen LogP contribution in [0.3, 0.4) is 0 Å². The van der Waals surface area contributed by atoms with E-state index < -0.39 is 0 Å². The van der Waals surface area contributed by atoms with E-state index in [1.807, 2.05) is 4.90 Å². The summed E-state index contributed by atoms with van der Waals surface area (Å²) in [6.45, 7) is 2.39. The van der Waals surface area contributed by atoms with E-state index in [1.165, 1.54) is 0 Å². The van der Waals surface area contributed by atoms with Crippen molar-refractivity contribution in [2.45, 2.75) is 12.8 Å². The molecule has 0 aliphatic carbocycles. The molecule has 0 radical (unpaired) electrons. The summed E-state index contributed by atoms with van der Waals surface area (Å²) in [5, 5.41) is 0. The molecule has 1 atom stereocenters. The molecule has 0 spiro atoms. The van der Waals surface area contributed by atoms with Crippen molar-refractivity contribution in [2.24, 2.45) is 5.92 Å². The fourth-order valence-corrected chi connectivity index (χ4v) is 2.30. The van der Waals surface area contributed by atoms with Gasteiger partial charge in [0.25, 0.3) is 5.91 Å². The van der Waals surface area contributed by atoms with Crippen LogP contribution in [0, 0.1) is 5.92 Å². The van der Waals surface area contributed by atoms with Crippen LogP contribution in [0.4, 0.5) is 0 Å². The first-order valence-electron chi connectivity index (χ1n) is 5.99. The molecule has 1 unspecified atom stereocenters. The second-order valence-corrected chi connectivity index (χ2v) is 4.45. The van der Waals surface area contributed by atoms with Crippen LogP contribution in [0.2, 0.25) is 0 Å². The maximum Gasteiger partial charge on any atom is 0.253 e. The number of methoxy groups -OCH3 is 1. The van der Waals surface area contributed by atoms with Crippen molar-refractivity contribution >= 4 is 5.91 Å². The highest BCUT2D eigenvalue weighted by atomic mass is 16.5. The second-order valence-electron chi connectivity index (χ2n) is 4.45. The Balaban J connectivity index is 2.00. The summed E-state index contributed by atoms with van der Waals surface area (Å²) < 4.78 is 5.17. The zero-order valence-corrected chi connectivity index (χ0v) is 10.1. The molecule has 2 rings (SSSR count). The van der Waals surface area contributed by atoms with Crippen LogP contribution in [0.25, 0.3) is 0 Å². The summed E-state index contributed by atoms with van der Waals surface area (Å²) in [6, 6.07) is 3.53. The van der Waals surface area contributed by atoms with E-state index in [9.17, 15) is 4.79 Å². The summed E-state index contributed by atoms with van der Waals surface area (Å²) in [4.78, 5) is 18.1. The molecule has 4 heteroatoms. The third kappa shape index (κ3) is 3.03. The minimum absolute atomic E-state index is 0.105. The molecule has 1 amide bonds. The molecule has 2 heterocycles. The Morgan fingerprint density at radius 1 is 1.53 bits per heavy atom. The van der Waals surface area contributed by atoms with Crippen molar-refractivity contribution in [3.63, 3.8) is 0 Å². The van der Waals surface area contributed by atoms with Gasteiger partial charge in [-0.3, -0.25) is 9.78 Å². The second kappa shape index (κ2) is 5.77. The molecule has 0 saturated carbocycles. The van der Waals surface area contributed by atoms with Crippen molar-refractivity contribution < 1.29 is 9.53 Å². The fourth-order valence-electron chi connectivity index (χ4n) is 2.30. The van der Waals surface area contributed by atoms with E-state index in [4.69, 9.17) is 4.74 Å². The van der Waals surface area contributed by atoms with E-state index in [1.54, 1.807) is 31.6 Å². The summed E-state index contributed by atoms with van der Waals surface area (Å²) in [6.07, 6.45) is 5.52. The van der Waals surface area contributed by atoms with E-state index >= 15 is 0 Å². The molecule has 1 aromatic heterocycles. The van der Waals surface area contributed by atoms with E-state index in [0.29, 0.717) is 5.92 Å². The molecule has 4 nitrogen and oxygen atoms in total. The number of carbonyl (C=O) groups excluding carboxylic acids is 1. The molecular formula is C13H18N2O2. The number of aromatic nitrogens is 1. The van der Waals surface area contributed by atoms with E-state index in [0.717, 1.165) is 38.1 Å². The summed E-state index contributed by atoms with van der Waals surface area (Å²) in [5.74, 6) is 0.577. The van der Waals surface area contributed by atoms with Gasteiger partial charge >= 0.3 is 0 Å². The van der Waals surface area contributed by atoms with Gasteiger partial charge in [-0.15, -0.1) is 0 Å². The van der Waals surface area contributed by atoms with Crippen LogP contribution < -0.4 is 0 Å². The van der Waals surface area contributed by atoms with Gasteiger partial charge in [0.15, 0.2) is 0 Å². The average molecular weight is 234 g/mol. The average Bonchev–Trinajstić information content (AvgIpc) is 2.40. The lowest BCUT2D eigenvalue weighted by molar-refractivity contribution is 0.0571. The molecule has 92 valence electrons. The van der Waals surface area contributed by atoms with Gasteiger partial charge < -0.3 is 9.64 Å². The maximum atomic E-state index is 12.2. The molecule has 1 aliphatic rings. The molecule has 1 aromatic rings. The van der Waals surface area contributed by atoms with Gasteiger partial charge in [-0.1, -0.05) is 0 Å². The van der Waals surface area contributed by atoms with Crippen molar-refractivity contribution in [1.29, 1.82) is 0 Å². The van der Waals surface area contributed by atoms with Gasteiger partial charge in [-0.2, -0.15) is 0 Å². The van der Waals surface area contributed by atoms with E-state index in [2.05, 4.69) is 4.98 Å². The highest BCUT2D eigenvalue weighted by molar-refractivity contribution is 5.94. The van der Waals surface area contributed by atoms with Crippen LogP contribution in [0.1, 0.15) is 23.2 Å². The number of piperidine rings is 1. The monoisotopic (exact) mass is 234 g/mol. The molecule has 0 N–H and O–H groups in total. The van der Waals surface area contributed by atoms with Gasteiger partial charge in [-0.25, -0.2) is 0 Å². The quantitative estimate of drug-likeness (QED) is 0.797. The topological polar surface area (TPSA) is 42.4 Å². The van der Waals surface area contributed by atoms with Crippen molar-refractivity contribution in [2.75, 3.05) is 26.8 Å². The van der Waals surface area contributed by atoms with Crippen LogP contribution in [0.15, 0.2) is 24.5 Å². The molecule has 0 aromatic carbocycles. The summed E-state index contributed by atoms with van der Waals surface area (Å²) in [5.41, 5.74) is 0.720. The zero-order valence-electron chi connectivity index (χ0n) is 10.1. The molecule has 1 saturated heterocycles. The predicted octanol–water partition coefficient (Wildman–Crippen LogP) is 1.58. The zero-order chi connectivity index (χ0) is 12.1. The third-order valence-electron chi connectivity index (χ3n) is 3.14. The molecule has 0 bridgehead atoms. The number of likely N-dealkylation sites (tertiary alicyclic amines) is 1. The van der Waals surface area contributed by atoms with Gasteiger partial charge in [0.1, 0.15) is 0 Å². The number of hydrogen-bond acceptors (Lipinski definition) is 3. The Labute approximate surface area is 102 Å². The van der Waals surface area contributed by atoms with Crippen molar-refractivity contribution in [1.82, 2.24) is 9.88 Å². The fraction of sp³-hybridized carbons (Fsp3) is 0.538. The smallest absolute Gasteiger partial charge is 0.253 e. The van der Waals surface area contributed by atoms with Crippen molar-refractivity contribution in [3.05, 3.63) is 30.1 Å². The number of amides is 1. The minimum Gasteiger partial charge on any atom is -0.384 e. The van der Waals surface area contributed by atoms with E-state index in [-0.39, 0.29) is 5.91 Å². The molecule has 1 fully saturated rings. The molecular weight excluding hydrogens is 216 g/mol. The van der Waals surface area contributed by atoms with Crippen LogP contribution in [0.5, 0.6) is 0 Å². The molecule has 1 aliphatic heterocycles. The largest absolute Gasteiger partial charge is 0.384 e.